The smallest absolute Gasteiger partial charge is 0.257 e. The fourth-order valence-electron chi connectivity index (χ4n) is 3.85. The number of anilines is 1. The Labute approximate surface area is 217 Å². The van der Waals surface area contributed by atoms with E-state index in [2.05, 4.69) is 15.6 Å². The molecule has 0 bridgehead atoms. The van der Waals surface area contributed by atoms with Crippen molar-refractivity contribution in [1.29, 1.82) is 0 Å². The van der Waals surface area contributed by atoms with E-state index < -0.39 is 5.91 Å². The number of oxazole rings is 1. The summed E-state index contributed by atoms with van der Waals surface area (Å²) in [6.07, 6.45) is 0. The summed E-state index contributed by atoms with van der Waals surface area (Å²) in [5, 5.41) is 8.36. The Morgan fingerprint density at radius 2 is 1.67 bits per heavy atom. The Hall–Kier alpha value is -4.14. The van der Waals surface area contributed by atoms with Gasteiger partial charge in [-0.15, -0.1) is 0 Å². The maximum Gasteiger partial charge on any atom is 0.257 e. The minimum Gasteiger partial charge on any atom is -0.497 e. The van der Waals surface area contributed by atoms with Crippen LogP contribution in [0.3, 0.4) is 0 Å². The summed E-state index contributed by atoms with van der Waals surface area (Å²) in [7, 11) is 3.03. The first-order valence-electron chi connectivity index (χ1n) is 10.9. The molecule has 2 N–H and O–H groups in total. The number of amides is 1. The first-order valence-corrected chi connectivity index (χ1v) is 11.7. The van der Waals surface area contributed by atoms with Crippen LogP contribution in [-0.4, -0.2) is 30.2 Å². The molecule has 5 aromatic rings. The molecule has 0 aliphatic heterocycles. The van der Waals surface area contributed by atoms with Crippen LogP contribution in [0.15, 0.2) is 77.2 Å². The van der Waals surface area contributed by atoms with E-state index >= 15 is 0 Å². The predicted molar refractivity (Wildman–Crippen MR) is 145 cm³/mol. The van der Waals surface area contributed by atoms with Gasteiger partial charge in [0.1, 0.15) is 17.0 Å². The van der Waals surface area contributed by atoms with Gasteiger partial charge in [0.05, 0.1) is 14.2 Å². The van der Waals surface area contributed by atoms with Crippen molar-refractivity contribution in [1.82, 2.24) is 10.3 Å². The average molecular weight is 518 g/mol. The molecule has 0 aliphatic rings. The molecule has 4 aromatic carbocycles. The lowest BCUT2D eigenvalue weighted by Gasteiger charge is -2.11. The van der Waals surface area contributed by atoms with Crippen molar-refractivity contribution in [3.05, 3.63) is 83.4 Å². The van der Waals surface area contributed by atoms with Crippen LogP contribution in [0.1, 0.15) is 10.4 Å². The topological polar surface area (TPSA) is 85.6 Å². The van der Waals surface area contributed by atoms with E-state index in [9.17, 15) is 4.79 Å². The molecule has 0 aliphatic carbocycles. The summed E-state index contributed by atoms with van der Waals surface area (Å²) in [5.41, 5.74) is 3.10. The van der Waals surface area contributed by atoms with E-state index in [1.807, 2.05) is 36.4 Å². The molecule has 1 aromatic heterocycles. The first-order chi connectivity index (χ1) is 17.4. The van der Waals surface area contributed by atoms with Crippen molar-refractivity contribution in [2.24, 2.45) is 0 Å². The number of hydrogen-bond donors (Lipinski definition) is 2. The first kappa shape index (κ1) is 23.6. The van der Waals surface area contributed by atoms with Gasteiger partial charge in [0.2, 0.25) is 5.89 Å². The van der Waals surface area contributed by atoms with E-state index in [-0.39, 0.29) is 5.11 Å². The van der Waals surface area contributed by atoms with Gasteiger partial charge in [-0.1, -0.05) is 35.9 Å². The highest BCUT2D eigenvalue weighted by Crippen LogP contribution is 2.34. The van der Waals surface area contributed by atoms with E-state index in [0.29, 0.717) is 44.8 Å². The van der Waals surface area contributed by atoms with Crippen molar-refractivity contribution >= 4 is 62.4 Å². The van der Waals surface area contributed by atoms with Gasteiger partial charge in [0.25, 0.3) is 5.91 Å². The predicted octanol–water partition coefficient (Wildman–Crippen LogP) is 6.45. The fraction of sp³-hybridized carbons (Fsp3) is 0.0741. The largest absolute Gasteiger partial charge is 0.497 e. The van der Waals surface area contributed by atoms with Crippen LogP contribution in [0.2, 0.25) is 5.02 Å². The van der Waals surface area contributed by atoms with Gasteiger partial charge in [0.15, 0.2) is 10.7 Å². The van der Waals surface area contributed by atoms with Gasteiger partial charge in [0, 0.05) is 33.3 Å². The van der Waals surface area contributed by atoms with E-state index in [4.69, 9.17) is 37.7 Å². The molecule has 180 valence electrons. The Bertz CT molecular complexity index is 1610. The minimum absolute atomic E-state index is 0.133. The van der Waals surface area contributed by atoms with Crippen LogP contribution in [0.5, 0.6) is 11.5 Å². The van der Waals surface area contributed by atoms with E-state index in [0.717, 1.165) is 16.3 Å². The molecule has 0 spiro atoms. The zero-order valence-corrected chi connectivity index (χ0v) is 20.9. The lowest BCUT2D eigenvalue weighted by molar-refractivity contribution is 0.0977. The third-order valence-corrected chi connectivity index (χ3v) is 6.12. The van der Waals surface area contributed by atoms with Crippen molar-refractivity contribution in [2.45, 2.75) is 0 Å². The molecule has 9 heteroatoms. The number of ether oxygens (including phenoxy) is 2. The summed E-state index contributed by atoms with van der Waals surface area (Å²) in [4.78, 5) is 17.4. The zero-order valence-electron chi connectivity index (χ0n) is 19.3. The highest BCUT2D eigenvalue weighted by Gasteiger charge is 2.15. The van der Waals surface area contributed by atoms with Gasteiger partial charge in [-0.05, 0) is 60.1 Å². The van der Waals surface area contributed by atoms with Crippen LogP contribution in [0.4, 0.5) is 5.69 Å². The zero-order chi connectivity index (χ0) is 25.2. The molecule has 0 saturated heterocycles. The number of thiocarbonyl (C=S) groups is 1. The SMILES string of the molecule is COc1cc(OC)cc(C(=O)NC(=S)Nc2ccc3oc(-c4cccc5c(Cl)cccc45)nc3c2)c1. The van der Waals surface area contributed by atoms with Crippen molar-refractivity contribution in [3.63, 3.8) is 0 Å². The third kappa shape index (κ3) is 4.68. The molecule has 7 nitrogen and oxygen atoms in total. The summed E-state index contributed by atoms with van der Waals surface area (Å²) in [6.45, 7) is 0. The number of benzene rings is 4. The third-order valence-electron chi connectivity index (χ3n) is 5.59. The molecule has 5 rings (SSSR count). The highest BCUT2D eigenvalue weighted by molar-refractivity contribution is 7.80. The van der Waals surface area contributed by atoms with Crippen LogP contribution < -0.4 is 20.1 Å². The van der Waals surface area contributed by atoms with Crippen LogP contribution in [0.25, 0.3) is 33.3 Å². The molecular weight excluding hydrogens is 498 g/mol. The average Bonchev–Trinajstić information content (AvgIpc) is 3.31. The molecular formula is C27H20ClN3O4S. The second-order valence-electron chi connectivity index (χ2n) is 7.85. The normalized spacial score (nSPS) is 10.9. The minimum atomic E-state index is -0.399. The number of nitrogens with zero attached hydrogens (tertiary/aromatic N) is 1. The summed E-state index contributed by atoms with van der Waals surface area (Å²) in [5.74, 6) is 1.08. The van der Waals surface area contributed by atoms with Gasteiger partial charge in [-0.3, -0.25) is 10.1 Å². The molecule has 1 amide bonds. The number of halogens is 1. The monoisotopic (exact) mass is 517 g/mol. The van der Waals surface area contributed by atoms with Gasteiger partial charge >= 0.3 is 0 Å². The van der Waals surface area contributed by atoms with E-state index in [1.54, 1.807) is 36.4 Å². The Kier molecular flexibility index (Phi) is 6.45. The Balaban J connectivity index is 1.36. The Morgan fingerprint density at radius 1 is 0.944 bits per heavy atom. The number of carbonyl (C=O) groups is 1. The number of hydrogen-bond acceptors (Lipinski definition) is 6. The van der Waals surface area contributed by atoms with Gasteiger partial charge < -0.3 is 19.2 Å². The lowest BCUT2D eigenvalue weighted by atomic mass is 10.0. The Morgan fingerprint density at radius 3 is 2.42 bits per heavy atom. The van der Waals surface area contributed by atoms with Crippen molar-refractivity contribution in [3.8, 4) is 23.0 Å². The molecule has 0 radical (unpaired) electrons. The standard InChI is InChI=1S/C27H20ClN3O4S/c1-33-17-11-15(12-18(14-17)34-2)25(32)31-27(36)29-16-9-10-24-23(13-16)30-26(35-24)21-7-3-6-20-19(21)5-4-8-22(20)28/h3-14H,1-2H3,(H2,29,31,32,36). The number of carbonyl (C=O) groups excluding carboxylic acids is 1. The maximum absolute atomic E-state index is 12.7. The number of rotatable bonds is 5. The molecule has 0 unspecified atom stereocenters. The molecule has 0 fully saturated rings. The fourth-order valence-corrected chi connectivity index (χ4v) is 4.30. The van der Waals surface area contributed by atoms with Crippen LogP contribution in [-0.2, 0) is 0 Å². The number of aromatic nitrogens is 1. The highest BCUT2D eigenvalue weighted by atomic mass is 35.5. The van der Waals surface area contributed by atoms with Gasteiger partial charge in [-0.25, -0.2) is 4.98 Å². The summed E-state index contributed by atoms with van der Waals surface area (Å²) < 4.78 is 16.5. The second-order valence-corrected chi connectivity index (χ2v) is 8.67. The van der Waals surface area contributed by atoms with E-state index in [1.165, 1.54) is 14.2 Å². The summed E-state index contributed by atoms with van der Waals surface area (Å²) in [6, 6.07) is 21.8. The van der Waals surface area contributed by atoms with Crippen LogP contribution >= 0.6 is 23.8 Å². The second kappa shape index (κ2) is 9.85. The maximum atomic E-state index is 12.7. The quantitative estimate of drug-likeness (QED) is 0.259. The van der Waals surface area contributed by atoms with Gasteiger partial charge in [-0.2, -0.15) is 0 Å². The number of fused-ring (bicyclic) bond motifs is 2. The number of methoxy groups -OCH3 is 2. The molecule has 0 saturated carbocycles. The molecule has 36 heavy (non-hydrogen) atoms. The van der Waals surface area contributed by atoms with Crippen LogP contribution in [0, 0.1) is 0 Å². The van der Waals surface area contributed by atoms with Crippen molar-refractivity contribution in [2.75, 3.05) is 19.5 Å². The summed E-state index contributed by atoms with van der Waals surface area (Å²) >= 11 is 11.7. The van der Waals surface area contributed by atoms with Crippen molar-refractivity contribution < 1.29 is 18.7 Å². The number of nitrogens with one attached hydrogen (secondary N) is 2. The molecule has 1 heterocycles. The molecule has 0 atom stereocenters. The lowest BCUT2D eigenvalue weighted by Crippen LogP contribution is -2.34.